The first-order valence-electron chi connectivity index (χ1n) is 7.00. The van der Waals surface area contributed by atoms with Gasteiger partial charge in [-0.1, -0.05) is 29.8 Å². The van der Waals surface area contributed by atoms with E-state index in [1.54, 1.807) is 18.2 Å². The van der Waals surface area contributed by atoms with Crippen LogP contribution in [0.3, 0.4) is 0 Å². The zero-order chi connectivity index (χ0) is 16.9. The molecule has 2 aromatic carbocycles. The fourth-order valence-electron chi connectivity index (χ4n) is 1.87. The lowest BCUT2D eigenvalue weighted by atomic mass is 10.1. The zero-order valence-electron chi connectivity index (χ0n) is 12.9. The maximum absolute atomic E-state index is 11.9. The molecule has 120 valence electrons. The largest absolute Gasteiger partial charge is 0.323 e. The SMILES string of the molecule is CNS(=O)(=O)c1ccc(NC(=O)/C=C/c2ccc(C)cc2)cc1. The van der Waals surface area contributed by atoms with Crippen molar-refractivity contribution in [3.8, 4) is 0 Å². The molecule has 0 spiro atoms. The second-order valence-electron chi connectivity index (χ2n) is 4.97. The Morgan fingerprint density at radius 1 is 1.00 bits per heavy atom. The average Bonchev–Trinajstić information content (AvgIpc) is 2.55. The molecule has 0 radical (unpaired) electrons. The normalized spacial score (nSPS) is 11.6. The van der Waals surface area contributed by atoms with Crippen LogP contribution in [0.2, 0.25) is 0 Å². The number of aryl methyl sites for hydroxylation is 1. The summed E-state index contributed by atoms with van der Waals surface area (Å²) in [6.45, 7) is 2.00. The molecule has 0 bridgehead atoms. The first-order chi connectivity index (χ1) is 10.9. The molecule has 0 aliphatic rings. The summed E-state index contributed by atoms with van der Waals surface area (Å²) >= 11 is 0. The average molecular weight is 330 g/mol. The van der Waals surface area contributed by atoms with Crippen molar-refractivity contribution in [2.24, 2.45) is 0 Å². The molecular formula is C17H18N2O3S. The van der Waals surface area contributed by atoms with Gasteiger partial charge in [0.1, 0.15) is 0 Å². The number of sulfonamides is 1. The summed E-state index contributed by atoms with van der Waals surface area (Å²) in [4.78, 5) is 12.0. The Morgan fingerprint density at radius 2 is 1.61 bits per heavy atom. The fourth-order valence-corrected chi connectivity index (χ4v) is 2.60. The van der Waals surface area contributed by atoms with Crippen LogP contribution in [0, 0.1) is 6.92 Å². The van der Waals surface area contributed by atoms with Gasteiger partial charge in [-0.05, 0) is 49.9 Å². The molecule has 0 saturated heterocycles. The summed E-state index contributed by atoms with van der Waals surface area (Å²) in [6.07, 6.45) is 3.15. The molecule has 0 aliphatic heterocycles. The number of benzene rings is 2. The van der Waals surface area contributed by atoms with Crippen LogP contribution < -0.4 is 10.0 Å². The smallest absolute Gasteiger partial charge is 0.248 e. The molecule has 0 aromatic heterocycles. The van der Waals surface area contributed by atoms with Gasteiger partial charge in [0, 0.05) is 11.8 Å². The summed E-state index contributed by atoms with van der Waals surface area (Å²) in [5, 5.41) is 2.68. The molecule has 0 atom stereocenters. The molecule has 23 heavy (non-hydrogen) atoms. The van der Waals surface area contributed by atoms with Crippen molar-refractivity contribution >= 4 is 27.7 Å². The molecule has 2 aromatic rings. The van der Waals surface area contributed by atoms with Gasteiger partial charge in [-0.2, -0.15) is 0 Å². The second kappa shape index (κ2) is 7.21. The Morgan fingerprint density at radius 3 is 2.17 bits per heavy atom. The monoisotopic (exact) mass is 330 g/mol. The van der Waals surface area contributed by atoms with E-state index in [2.05, 4.69) is 10.0 Å². The van der Waals surface area contributed by atoms with Gasteiger partial charge in [0.2, 0.25) is 15.9 Å². The maximum atomic E-state index is 11.9. The number of carbonyl (C=O) groups is 1. The van der Waals surface area contributed by atoms with E-state index in [4.69, 9.17) is 0 Å². The quantitative estimate of drug-likeness (QED) is 0.827. The highest BCUT2D eigenvalue weighted by Crippen LogP contribution is 2.14. The van der Waals surface area contributed by atoms with Crippen LogP contribution in [0.5, 0.6) is 0 Å². The van der Waals surface area contributed by atoms with Gasteiger partial charge in [0.05, 0.1) is 4.90 Å². The molecule has 2 rings (SSSR count). The van der Waals surface area contributed by atoms with E-state index < -0.39 is 10.0 Å². The van der Waals surface area contributed by atoms with Crippen molar-refractivity contribution in [2.75, 3.05) is 12.4 Å². The number of amides is 1. The van der Waals surface area contributed by atoms with Gasteiger partial charge < -0.3 is 5.32 Å². The highest BCUT2D eigenvalue weighted by atomic mass is 32.2. The lowest BCUT2D eigenvalue weighted by Crippen LogP contribution is -2.18. The predicted molar refractivity (Wildman–Crippen MR) is 91.5 cm³/mol. The van der Waals surface area contributed by atoms with Crippen LogP contribution >= 0.6 is 0 Å². The number of anilines is 1. The minimum atomic E-state index is -3.47. The molecule has 0 unspecified atom stereocenters. The molecule has 0 saturated carbocycles. The van der Waals surface area contributed by atoms with Crippen LogP contribution in [-0.4, -0.2) is 21.4 Å². The minimum Gasteiger partial charge on any atom is -0.323 e. The first kappa shape index (κ1) is 16.9. The predicted octanol–water partition coefficient (Wildman–Crippen LogP) is 2.56. The summed E-state index contributed by atoms with van der Waals surface area (Å²) in [5.41, 5.74) is 2.61. The Labute approximate surface area is 136 Å². The maximum Gasteiger partial charge on any atom is 0.248 e. The third-order valence-electron chi connectivity index (χ3n) is 3.21. The molecule has 6 heteroatoms. The van der Waals surface area contributed by atoms with Crippen molar-refractivity contribution < 1.29 is 13.2 Å². The molecular weight excluding hydrogens is 312 g/mol. The number of nitrogens with one attached hydrogen (secondary N) is 2. The Balaban J connectivity index is 2.01. The van der Waals surface area contributed by atoms with E-state index in [0.29, 0.717) is 5.69 Å². The van der Waals surface area contributed by atoms with Gasteiger partial charge in [0.25, 0.3) is 0 Å². The van der Waals surface area contributed by atoms with Gasteiger partial charge in [-0.15, -0.1) is 0 Å². The highest BCUT2D eigenvalue weighted by molar-refractivity contribution is 7.89. The Hall–Kier alpha value is -2.44. The van der Waals surface area contributed by atoms with Crippen molar-refractivity contribution in [1.29, 1.82) is 0 Å². The number of carbonyl (C=O) groups excluding carboxylic acids is 1. The summed E-state index contributed by atoms with van der Waals surface area (Å²) in [7, 11) is -2.12. The van der Waals surface area contributed by atoms with E-state index in [0.717, 1.165) is 11.1 Å². The van der Waals surface area contributed by atoms with E-state index in [1.165, 1.54) is 25.3 Å². The van der Waals surface area contributed by atoms with Gasteiger partial charge in [0.15, 0.2) is 0 Å². The lowest BCUT2D eigenvalue weighted by molar-refractivity contribution is -0.111. The minimum absolute atomic E-state index is 0.146. The topological polar surface area (TPSA) is 75.3 Å². The number of rotatable bonds is 5. The van der Waals surface area contributed by atoms with Crippen molar-refractivity contribution in [3.05, 3.63) is 65.7 Å². The molecule has 5 nitrogen and oxygen atoms in total. The summed E-state index contributed by atoms with van der Waals surface area (Å²) < 4.78 is 25.5. The highest BCUT2D eigenvalue weighted by Gasteiger charge is 2.10. The molecule has 0 aliphatic carbocycles. The Kier molecular flexibility index (Phi) is 5.31. The van der Waals surface area contributed by atoms with E-state index in [1.807, 2.05) is 31.2 Å². The van der Waals surface area contributed by atoms with Crippen molar-refractivity contribution in [1.82, 2.24) is 4.72 Å². The van der Waals surface area contributed by atoms with E-state index >= 15 is 0 Å². The standard InChI is InChI=1S/C17H18N2O3S/c1-13-3-5-14(6-4-13)7-12-17(20)19-15-8-10-16(11-9-15)23(21,22)18-2/h3-12,18H,1-2H3,(H,19,20)/b12-7+. The third kappa shape index (κ3) is 4.77. The molecule has 1 amide bonds. The van der Waals surface area contributed by atoms with Crippen LogP contribution in [-0.2, 0) is 14.8 Å². The summed E-state index contributed by atoms with van der Waals surface area (Å²) in [5.74, 6) is -0.283. The van der Waals surface area contributed by atoms with E-state index in [9.17, 15) is 13.2 Å². The molecule has 2 N–H and O–H groups in total. The van der Waals surface area contributed by atoms with Gasteiger partial charge in [-0.25, -0.2) is 13.1 Å². The number of hydrogen-bond acceptors (Lipinski definition) is 3. The lowest BCUT2D eigenvalue weighted by Gasteiger charge is -2.05. The van der Waals surface area contributed by atoms with Gasteiger partial charge >= 0.3 is 0 Å². The zero-order valence-corrected chi connectivity index (χ0v) is 13.7. The molecule has 0 heterocycles. The van der Waals surface area contributed by atoms with Gasteiger partial charge in [-0.3, -0.25) is 4.79 Å². The van der Waals surface area contributed by atoms with Crippen LogP contribution in [0.15, 0.2) is 59.5 Å². The van der Waals surface area contributed by atoms with Crippen LogP contribution in [0.1, 0.15) is 11.1 Å². The molecule has 0 fully saturated rings. The van der Waals surface area contributed by atoms with Crippen molar-refractivity contribution in [3.63, 3.8) is 0 Å². The second-order valence-corrected chi connectivity index (χ2v) is 6.85. The van der Waals surface area contributed by atoms with E-state index in [-0.39, 0.29) is 10.8 Å². The Bertz CT molecular complexity index is 808. The third-order valence-corrected chi connectivity index (χ3v) is 4.64. The van der Waals surface area contributed by atoms with Crippen LogP contribution in [0.25, 0.3) is 6.08 Å². The fraction of sp³-hybridized carbons (Fsp3) is 0.118. The summed E-state index contributed by atoms with van der Waals surface area (Å²) in [6, 6.07) is 13.8. The van der Waals surface area contributed by atoms with Crippen LogP contribution in [0.4, 0.5) is 5.69 Å². The number of hydrogen-bond donors (Lipinski definition) is 2. The van der Waals surface area contributed by atoms with Crippen molar-refractivity contribution in [2.45, 2.75) is 11.8 Å². The first-order valence-corrected chi connectivity index (χ1v) is 8.48.